The summed E-state index contributed by atoms with van der Waals surface area (Å²) in [6, 6.07) is 0. The highest BCUT2D eigenvalue weighted by Crippen LogP contribution is 2.14. The smallest absolute Gasteiger partial charge is 0.00248 e. The Hall–Kier alpha value is -0.0400. The molecule has 0 aliphatic carbocycles. The summed E-state index contributed by atoms with van der Waals surface area (Å²) in [4.78, 5) is 2.30. The lowest BCUT2D eigenvalue weighted by Crippen LogP contribution is -2.12. The molecule has 1 nitrogen and oxygen atoms in total. The van der Waals surface area contributed by atoms with Crippen LogP contribution >= 0.6 is 0 Å². The Kier molecular flexibility index (Phi) is 31.4. The van der Waals surface area contributed by atoms with Crippen molar-refractivity contribution >= 4 is 0 Å². The van der Waals surface area contributed by atoms with Crippen molar-refractivity contribution in [2.24, 2.45) is 0 Å². The largest absolute Gasteiger partial charge is 0.309 e. The summed E-state index contributed by atoms with van der Waals surface area (Å²) in [6.07, 6.45) is 30.3. The predicted octanol–water partition coefficient (Wildman–Crippen LogP) is 9.60. The highest BCUT2D eigenvalue weighted by Gasteiger charge is 1.95. The Morgan fingerprint density at radius 2 is 0.643 bits per heavy atom. The molecule has 0 atom stereocenters. The van der Waals surface area contributed by atoms with Gasteiger partial charge in [-0.2, -0.15) is 0 Å². The Morgan fingerprint density at radius 3 is 0.857 bits per heavy atom. The molecule has 0 aromatic carbocycles. The third-order valence-electron chi connectivity index (χ3n) is 5.46. The van der Waals surface area contributed by atoms with Crippen molar-refractivity contribution < 1.29 is 0 Å². The molecule has 0 fully saturated rings. The zero-order valence-corrected chi connectivity index (χ0v) is 20.7. The van der Waals surface area contributed by atoms with E-state index in [1.165, 1.54) is 135 Å². The van der Waals surface area contributed by atoms with Crippen LogP contribution in [0.3, 0.4) is 0 Å². The van der Waals surface area contributed by atoms with E-state index in [2.05, 4.69) is 32.8 Å². The first-order chi connectivity index (χ1) is 13.7. The summed E-state index contributed by atoms with van der Waals surface area (Å²) in [5, 5.41) is 0. The predicted molar refractivity (Wildman–Crippen MR) is 132 cm³/mol. The van der Waals surface area contributed by atoms with Gasteiger partial charge in [-0.3, -0.25) is 0 Å². The lowest BCUT2D eigenvalue weighted by atomic mass is 10.0. The molecule has 0 spiro atoms. The van der Waals surface area contributed by atoms with Gasteiger partial charge < -0.3 is 4.90 Å². The van der Waals surface area contributed by atoms with Crippen LogP contribution in [-0.4, -0.2) is 25.5 Å². The molecule has 171 valence electrons. The van der Waals surface area contributed by atoms with Gasteiger partial charge in [0.05, 0.1) is 0 Å². The Labute approximate surface area is 181 Å². The van der Waals surface area contributed by atoms with Crippen LogP contribution in [0, 0.1) is 6.92 Å². The van der Waals surface area contributed by atoms with Gasteiger partial charge in [-0.15, -0.1) is 0 Å². The van der Waals surface area contributed by atoms with Gasteiger partial charge in [0, 0.05) is 0 Å². The average Bonchev–Trinajstić information content (AvgIpc) is 2.67. The van der Waals surface area contributed by atoms with Crippen molar-refractivity contribution in [1.82, 2.24) is 4.90 Å². The number of unbranched alkanes of at least 4 members (excludes halogenated alkanes) is 19. The van der Waals surface area contributed by atoms with Gasteiger partial charge in [0.2, 0.25) is 0 Å². The van der Waals surface area contributed by atoms with E-state index in [4.69, 9.17) is 0 Å². The quantitative estimate of drug-likeness (QED) is 0.174. The van der Waals surface area contributed by atoms with E-state index >= 15 is 0 Å². The van der Waals surface area contributed by atoms with Crippen LogP contribution in [0.1, 0.15) is 149 Å². The standard InChI is InChI=1S/C24H51N.C3H7/c1-4-5-6-7-8-9-10-11-12-13-14-15-16-17-18-19-20-21-22-23-24-25(2)3;1-3-2/h4-24H2,1-3H3;1,3H2,2H3. The number of hydrogen-bond acceptors (Lipinski definition) is 1. The average molecular weight is 397 g/mol. The highest BCUT2D eigenvalue weighted by atomic mass is 15.0. The molecule has 0 amide bonds. The van der Waals surface area contributed by atoms with Gasteiger partial charge in [-0.1, -0.05) is 149 Å². The molecular formula is C27H58N. The van der Waals surface area contributed by atoms with E-state index in [1.54, 1.807) is 0 Å². The Morgan fingerprint density at radius 1 is 0.429 bits per heavy atom. The van der Waals surface area contributed by atoms with Crippen molar-refractivity contribution in [2.75, 3.05) is 20.6 Å². The van der Waals surface area contributed by atoms with E-state index < -0.39 is 0 Å². The highest BCUT2D eigenvalue weighted by molar-refractivity contribution is 4.51. The molecule has 1 heteroatoms. The lowest BCUT2D eigenvalue weighted by molar-refractivity contribution is 0.389. The van der Waals surface area contributed by atoms with Crippen molar-refractivity contribution in [3.8, 4) is 0 Å². The second kappa shape index (κ2) is 29.2. The minimum Gasteiger partial charge on any atom is -0.309 e. The molecular weight excluding hydrogens is 338 g/mol. The minimum absolute atomic E-state index is 1.00. The van der Waals surface area contributed by atoms with E-state index in [-0.39, 0.29) is 0 Å². The molecule has 0 saturated heterocycles. The summed E-state index contributed by atoms with van der Waals surface area (Å²) >= 11 is 0. The molecule has 1 radical (unpaired) electrons. The summed E-state index contributed by atoms with van der Waals surface area (Å²) in [7, 11) is 4.35. The Balaban J connectivity index is 0. The first-order valence-corrected chi connectivity index (χ1v) is 13.1. The lowest BCUT2D eigenvalue weighted by Gasteiger charge is -2.08. The monoisotopic (exact) mass is 396 g/mol. The number of rotatable bonds is 21. The molecule has 0 heterocycles. The van der Waals surface area contributed by atoms with Crippen molar-refractivity contribution in [3.63, 3.8) is 0 Å². The maximum absolute atomic E-state index is 3.49. The van der Waals surface area contributed by atoms with Crippen LogP contribution in [0.25, 0.3) is 0 Å². The number of hydrogen-bond donors (Lipinski definition) is 0. The third kappa shape index (κ3) is 33.5. The van der Waals surface area contributed by atoms with Gasteiger partial charge in [0.25, 0.3) is 0 Å². The van der Waals surface area contributed by atoms with Gasteiger partial charge >= 0.3 is 0 Å². The van der Waals surface area contributed by atoms with Crippen LogP contribution in [-0.2, 0) is 0 Å². The molecule has 0 aromatic rings. The molecule has 0 bridgehead atoms. The molecule has 0 aliphatic rings. The second-order valence-electron chi connectivity index (χ2n) is 9.02. The van der Waals surface area contributed by atoms with Crippen LogP contribution in [0.5, 0.6) is 0 Å². The number of nitrogens with zero attached hydrogens (tertiary/aromatic N) is 1. The van der Waals surface area contributed by atoms with Gasteiger partial charge in [0.1, 0.15) is 0 Å². The van der Waals surface area contributed by atoms with Crippen LogP contribution in [0.2, 0.25) is 0 Å². The van der Waals surface area contributed by atoms with Gasteiger partial charge in [-0.25, -0.2) is 0 Å². The maximum Gasteiger partial charge on any atom is -0.00248 e. The van der Waals surface area contributed by atoms with Crippen molar-refractivity contribution in [2.45, 2.75) is 149 Å². The first-order valence-electron chi connectivity index (χ1n) is 13.1. The topological polar surface area (TPSA) is 3.24 Å². The zero-order valence-electron chi connectivity index (χ0n) is 20.7. The minimum atomic E-state index is 1.00. The van der Waals surface area contributed by atoms with Crippen molar-refractivity contribution in [3.05, 3.63) is 6.92 Å². The summed E-state index contributed by atoms with van der Waals surface area (Å²) in [5.74, 6) is 0. The van der Waals surface area contributed by atoms with Gasteiger partial charge in [-0.05, 0) is 27.1 Å². The molecule has 0 saturated carbocycles. The molecule has 28 heavy (non-hydrogen) atoms. The van der Waals surface area contributed by atoms with Gasteiger partial charge in [0.15, 0.2) is 0 Å². The van der Waals surface area contributed by atoms with Crippen LogP contribution in [0.4, 0.5) is 0 Å². The summed E-state index contributed by atoms with van der Waals surface area (Å²) < 4.78 is 0. The molecule has 0 aromatic heterocycles. The van der Waals surface area contributed by atoms with E-state index in [0.717, 1.165) is 6.42 Å². The summed E-state index contributed by atoms with van der Waals surface area (Å²) in [5.41, 5.74) is 0. The molecule has 0 unspecified atom stereocenters. The summed E-state index contributed by atoms with van der Waals surface area (Å²) in [6.45, 7) is 9.06. The van der Waals surface area contributed by atoms with E-state index in [1.807, 2.05) is 6.92 Å². The van der Waals surface area contributed by atoms with Crippen molar-refractivity contribution in [1.29, 1.82) is 0 Å². The van der Waals surface area contributed by atoms with Crippen LogP contribution < -0.4 is 0 Å². The SMILES string of the molecule is CCCCCCCCCCCCCCCCCCCCCCN(C)C.[CH2]CC. The maximum atomic E-state index is 3.49. The fourth-order valence-electron chi connectivity index (χ4n) is 3.68. The zero-order chi connectivity index (χ0) is 21.1. The second-order valence-corrected chi connectivity index (χ2v) is 9.02. The fraction of sp³-hybridized carbons (Fsp3) is 0.963. The normalized spacial score (nSPS) is 10.9. The first kappa shape index (κ1) is 30.2. The third-order valence-corrected chi connectivity index (χ3v) is 5.46. The molecule has 0 rings (SSSR count). The fourth-order valence-corrected chi connectivity index (χ4v) is 3.68. The van der Waals surface area contributed by atoms with E-state index in [0.29, 0.717) is 0 Å². The Bertz CT molecular complexity index is 236. The van der Waals surface area contributed by atoms with Crippen LogP contribution in [0.15, 0.2) is 0 Å². The molecule has 0 N–H and O–H groups in total. The molecule has 0 aliphatic heterocycles. The van der Waals surface area contributed by atoms with E-state index in [9.17, 15) is 0 Å².